The molecular formula is C14H16F2N2O4. The van der Waals surface area contributed by atoms with Gasteiger partial charge in [0, 0.05) is 12.6 Å². The largest absolute Gasteiger partial charge is 0.444 e. The minimum Gasteiger partial charge on any atom is -0.444 e. The molecule has 1 aromatic carbocycles. The molecule has 22 heavy (non-hydrogen) atoms. The molecule has 0 atom stereocenters. The van der Waals surface area contributed by atoms with Crippen LogP contribution < -0.4 is 5.32 Å². The minimum absolute atomic E-state index is 0.00972. The van der Waals surface area contributed by atoms with Crippen LogP contribution in [0.2, 0.25) is 0 Å². The second kappa shape index (κ2) is 6.97. The number of amides is 1. The number of nitro groups is 1. The molecule has 0 fully saturated rings. The zero-order valence-electron chi connectivity index (χ0n) is 12.4. The first-order chi connectivity index (χ1) is 10.1. The summed E-state index contributed by atoms with van der Waals surface area (Å²) < 4.78 is 31.5. The number of nitrogens with zero attached hydrogens (tertiary/aromatic N) is 1. The molecule has 0 aliphatic heterocycles. The first-order valence-electron chi connectivity index (χ1n) is 6.37. The van der Waals surface area contributed by atoms with Crippen molar-refractivity contribution in [2.24, 2.45) is 0 Å². The van der Waals surface area contributed by atoms with Gasteiger partial charge >= 0.3 is 11.8 Å². The molecule has 0 radical (unpaired) electrons. The maximum absolute atomic E-state index is 13.4. The molecule has 8 heteroatoms. The summed E-state index contributed by atoms with van der Waals surface area (Å²) in [6.45, 7) is 5.08. The number of carbonyl (C=O) groups excluding carboxylic acids is 1. The number of rotatable bonds is 4. The smallest absolute Gasteiger partial charge is 0.407 e. The Kier molecular flexibility index (Phi) is 5.56. The Morgan fingerprint density at radius 1 is 1.41 bits per heavy atom. The van der Waals surface area contributed by atoms with Crippen LogP contribution in [0.5, 0.6) is 0 Å². The van der Waals surface area contributed by atoms with E-state index in [-0.39, 0.29) is 12.1 Å². The summed E-state index contributed by atoms with van der Waals surface area (Å²) in [6, 6.07) is 1.28. The number of halogens is 2. The molecule has 0 saturated heterocycles. The van der Waals surface area contributed by atoms with E-state index in [0.717, 1.165) is 12.1 Å². The van der Waals surface area contributed by atoms with Crippen molar-refractivity contribution in [3.05, 3.63) is 45.5 Å². The zero-order valence-corrected chi connectivity index (χ0v) is 12.4. The van der Waals surface area contributed by atoms with Gasteiger partial charge in [-0.05, 0) is 26.8 Å². The van der Waals surface area contributed by atoms with Gasteiger partial charge in [0.2, 0.25) is 5.82 Å². The number of nitrogens with one attached hydrogen (secondary N) is 1. The van der Waals surface area contributed by atoms with Crippen LogP contribution in [-0.4, -0.2) is 23.2 Å². The van der Waals surface area contributed by atoms with Crippen LogP contribution in [-0.2, 0) is 4.74 Å². The van der Waals surface area contributed by atoms with E-state index in [1.807, 2.05) is 0 Å². The number of ether oxygens (including phenoxy) is 1. The molecular weight excluding hydrogens is 298 g/mol. The lowest BCUT2D eigenvalue weighted by Crippen LogP contribution is -2.32. The van der Waals surface area contributed by atoms with E-state index in [4.69, 9.17) is 4.74 Å². The SMILES string of the molecule is CC(C)(C)OC(=O)NCC=Cc1cc(F)cc(F)c1[N+](=O)[O-]. The monoisotopic (exact) mass is 314 g/mol. The van der Waals surface area contributed by atoms with Crippen LogP contribution in [0, 0.1) is 21.7 Å². The second-order valence-electron chi connectivity index (χ2n) is 5.37. The molecule has 6 nitrogen and oxygen atoms in total. The first-order valence-corrected chi connectivity index (χ1v) is 6.37. The molecule has 1 N–H and O–H groups in total. The van der Waals surface area contributed by atoms with E-state index in [2.05, 4.69) is 5.32 Å². The van der Waals surface area contributed by atoms with Gasteiger partial charge in [-0.1, -0.05) is 12.2 Å². The Labute approximate surface area is 125 Å². The van der Waals surface area contributed by atoms with E-state index < -0.39 is 33.9 Å². The molecule has 0 bridgehead atoms. The normalized spacial score (nSPS) is 11.5. The number of hydrogen-bond acceptors (Lipinski definition) is 4. The van der Waals surface area contributed by atoms with Crippen LogP contribution in [0.1, 0.15) is 26.3 Å². The van der Waals surface area contributed by atoms with E-state index in [1.165, 1.54) is 6.08 Å². The third kappa shape index (κ3) is 5.47. The van der Waals surface area contributed by atoms with Gasteiger partial charge in [0.1, 0.15) is 11.4 Å². The Morgan fingerprint density at radius 3 is 2.59 bits per heavy atom. The molecule has 0 aliphatic rings. The highest BCUT2D eigenvalue weighted by Gasteiger charge is 2.20. The molecule has 0 aliphatic carbocycles. The molecule has 1 amide bonds. The van der Waals surface area contributed by atoms with Gasteiger partial charge in [-0.2, -0.15) is 4.39 Å². The van der Waals surface area contributed by atoms with Crippen molar-refractivity contribution in [3.8, 4) is 0 Å². The average molecular weight is 314 g/mol. The number of carbonyl (C=O) groups is 1. The van der Waals surface area contributed by atoms with Gasteiger partial charge in [0.15, 0.2) is 0 Å². The lowest BCUT2D eigenvalue weighted by atomic mass is 10.1. The molecule has 1 aromatic rings. The lowest BCUT2D eigenvalue weighted by Gasteiger charge is -2.19. The first kappa shape index (κ1) is 17.5. The number of alkyl carbamates (subject to hydrolysis) is 1. The summed E-state index contributed by atoms with van der Waals surface area (Å²) in [4.78, 5) is 21.2. The van der Waals surface area contributed by atoms with Crippen molar-refractivity contribution < 1.29 is 23.2 Å². The Hall–Kier alpha value is -2.51. The van der Waals surface area contributed by atoms with Crippen molar-refractivity contribution in [2.75, 3.05) is 6.54 Å². The average Bonchev–Trinajstić information content (AvgIpc) is 2.30. The van der Waals surface area contributed by atoms with Gasteiger partial charge < -0.3 is 10.1 Å². The minimum atomic E-state index is -1.26. The molecule has 0 heterocycles. The quantitative estimate of drug-likeness (QED) is 0.682. The summed E-state index contributed by atoms with van der Waals surface area (Å²) in [5.74, 6) is -2.19. The maximum atomic E-state index is 13.4. The Balaban J connectivity index is 2.75. The fraction of sp³-hybridized carbons (Fsp3) is 0.357. The number of hydrogen-bond donors (Lipinski definition) is 1. The topological polar surface area (TPSA) is 81.5 Å². The van der Waals surface area contributed by atoms with Gasteiger partial charge in [0.25, 0.3) is 0 Å². The Bertz CT molecular complexity index is 610. The van der Waals surface area contributed by atoms with Crippen LogP contribution in [0.3, 0.4) is 0 Å². The van der Waals surface area contributed by atoms with E-state index in [0.29, 0.717) is 6.07 Å². The fourth-order valence-electron chi connectivity index (χ4n) is 1.55. The van der Waals surface area contributed by atoms with Crippen molar-refractivity contribution in [3.63, 3.8) is 0 Å². The van der Waals surface area contributed by atoms with Gasteiger partial charge in [-0.3, -0.25) is 10.1 Å². The second-order valence-corrected chi connectivity index (χ2v) is 5.37. The fourth-order valence-corrected chi connectivity index (χ4v) is 1.55. The predicted octanol–water partition coefficient (Wildman–Crippen LogP) is 3.41. The van der Waals surface area contributed by atoms with Crippen molar-refractivity contribution in [2.45, 2.75) is 26.4 Å². The zero-order chi connectivity index (χ0) is 16.9. The molecule has 1 rings (SSSR count). The van der Waals surface area contributed by atoms with Crippen molar-refractivity contribution >= 4 is 17.9 Å². The van der Waals surface area contributed by atoms with Crippen LogP contribution >= 0.6 is 0 Å². The van der Waals surface area contributed by atoms with Crippen LogP contribution in [0.25, 0.3) is 6.08 Å². The lowest BCUT2D eigenvalue weighted by molar-refractivity contribution is -0.387. The van der Waals surface area contributed by atoms with E-state index >= 15 is 0 Å². The van der Waals surface area contributed by atoms with Crippen LogP contribution in [0.4, 0.5) is 19.3 Å². The summed E-state index contributed by atoms with van der Waals surface area (Å²) in [6.07, 6.45) is 1.81. The third-order valence-electron chi connectivity index (χ3n) is 2.30. The molecule has 0 unspecified atom stereocenters. The summed E-state index contributed by atoms with van der Waals surface area (Å²) >= 11 is 0. The standard InChI is InChI=1S/C14H16F2N2O4/c1-14(2,3)22-13(19)17-6-4-5-9-7-10(15)8-11(16)12(9)18(20)21/h4-5,7-8H,6H2,1-3H3,(H,17,19). The van der Waals surface area contributed by atoms with Gasteiger partial charge in [-0.25, -0.2) is 9.18 Å². The highest BCUT2D eigenvalue weighted by molar-refractivity contribution is 5.68. The number of benzene rings is 1. The van der Waals surface area contributed by atoms with Crippen LogP contribution in [0.15, 0.2) is 18.2 Å². The van der Waals surface area contributed by atoms with Crippen molar-refractivity contribution in [1.29, 1.82) is 0 Å². The third-order valence-corrected chi connectivity index (χ3v) is 2.30. The van der Waals surface area contributed by atoms with Crippen molar-refractivity contribution in [1.82, 2.24) is 5.32 Å². The molecule has 0 spiro atoms. The highest BCUT2D eigenvalue weighted by Crippen LogP contribution is 2.25. The number of nitro benzene ring substituents is 1. The van der Waals surface area contributed by atoms with Gasteiger partial charge in [-0.15, -0.1) is 0 Å². The Morgan fingerprint density at radius 2 is 2.05 bits per heavy atom. The maximum Gasteiger partial charge on any atom is 0.407 e. The highest BCUT2D eigenvalue weighted by atomic mass is 19.1. The summed E-state index contributed by atoms with van der Waals surface area (Å²) in [5.41, 5.74) is -1.71. The predicted molar refractivity (Wildman–Crippen MR) is 76.3 cm³/mol. The van der Waals surface area contributed by atoms with E-state index in [9.17, 15) is 23.7 Å². The summed E-state index contributed by atoms with van der Waals surface area (Å²) in [7, 11) is 0. The van der Waals surface area contributed by atoms with Gasteiger partial charge in [0.05, 0.1) is 10.5 Å². The summed E-state index contributed by atoms with van der Waals surface area (Å²) in [5, 5.41) is 13.2. The molecule has 120 valence electrons. The molecule has 0 saturated carbocycles. The van der Waals surface area contributed by atoms with E-state index in [1.54, 1.807) is 20.8 Å². The molecule has 0 aromatic heterocycles.